The van der Waals surface area contributed by atoms with Gasteiger partial charge in [0.1, 0.15) is 0 Å². The summed E-state index contributed by atoms with van der Waals surface area (Å²) in [5.41, 5.74) is 0.884. The zero-order valence-electron chi connectivity index (χ0n) is 11.6. The molecule has 0 aliphatic carbocycles. The van der Waals surface area contributed by atoms with Crippen LogP contribution in [0, 0.1) is 0 Å². The third kappa shape index (κ3) is 6.52. The van der Waals surface area contributed by atoms with Gasteiger partial charge in [-0.3, -0.25) is 4.79 Å². The number of amides is 1. The molecule has 1 aromatic rings. The van der Waals surface area contributed by atoms with E-state index in [2.05, 4.69) is 21.2 Å². The summed E-state index contributed by atoms with van der Waals surface area (Å²) in [6.45, 7) is 3.61. The van der Waals surface area contributed by atoms with E-state index in [0.717, 1.165) is 16.5 Å². The number of ether oxygens (including phenoxy) is 1. The molecule has 0 aromatic heterocycles. The maximum Gasteiger partial charge on any atom is 0.331 e. The molecule has 1 amide bonds. The second-order valence-corrected chi connectivity index (χ2v) is 5.29. The fraction of sp³-hybridized carbons (Fsp3) is 0.333. The third-order valence-electron chi connectivity index (χ3n) is 2.65. The molecular weight excluding hydrogens is 322 g/mol. The van der Waals surface area contributed by atoms with Gasteiger partial charge in [-0.25, -0.2) is 4.79 Å². The summed E-state index contributed by atoms with van der Waals surface area (Å²) < 4.78 is 5.82. The molecule has 0 aliphatic rings. The molecule has 1 N–H and O–H groups in total. The molecule has 0 bridgehead atoms. The van der Waals surface area contributed by atoms with Crippen LogP contribution in [0.1, 0.15) is 25.8 Å². The van der Waals surface area contributed by atoms with Crippen LogP contribution in [0.5, 0.6) is 0 Å². The van der Waals surface area contributed by atoms with Crippen LogP contribution in [-0.4, -0.2) is 24.5 Å². The van der Waals surface area contributed by atoms with Crippen LogP contribution in [0.25, 0.3) is 6.08 Å². The monoisotopic (exact) mass is 339 g/mol. The van der Waals surface area contributed by atoms with E-state index in [1.54, 1.807) is 6.08 Å². The normalized spacial score (nSPS) is 12.2. The van der Waals surface area contributed by atoms with E-state index in [4.69, 9.17) is 4.74 Å². The second-order valence-electron chi connectivity index (χ2n) is 4.37. The van der Waals surface area contributed by atoms with Gasteiger partial charge >= 0.3 is 5.97 Å². The first kappa shape index (κ1) is 16.4. The lowest BCUT2D eigenvalue weighted by molar-refractivity contribution is -0.144. The number of hydrogen-bond acceptors (Lipinski definition) is 3. The number of rotatable bonds is 6. The maximum atomic E-state index is 11.4. The van der Waals surface area contributed by atoms with E-state index in [1.165, 1.54) is 6.08 Å². The van der Waals surface area contributed by atoms with E-state index in [1.807, 2.05) is 38.1 Å². The van der Waals surface area contributed by atoms with Crippen molar-refractivity contribution < 1.29 is 14.3 Å². The van der Waals surface area contributed by atoms with Crippen LogP contribution in [0.2, 0.25) is 0 Å². The molecule has 1 rings (SSSR count). The molecule has 0 fully saturated rings. The standard InChI is InChI=1S/C15H18BrNO3/c1-3-11(2)17-14(18)10-20-15(19)9-6-12-4-7-13(16)8-5-12/h4-9,11H,3,10H2,1-2H3,(H,17,18)/b9-6+. The van der Waals surface area contributed by atoms with Crippen molar-refractivity contribution in [2.45, 2.75) is 26.3 Å². The Labute approximate surface area is 127 Å². The Balaban J connectivity index is 2.36. The molecule has 1 aromatic carbocycles. The molecule has 20 heavy (non-hydrogen) atoms. The molecule has 0 spiro atoms. The zero-order valence-corrected chi connectivity index (χ0v) is 13.1. The highest BCUT2D eigenvalue weighted by atomic mass is 79.9. The number of halogens is 1. The zero-order chi connectivity index (χ0) is 15.0. The van der Waals surface area contributed by atoms with Crippen molar-refractivity contribution >= 4 is 33.9 Å². The van der Waals surface area contributed by atoms with E-state index in [9.17, 15) is 9.59 Å². The van der Waals surface area contributed by atoms with Gasteiger partial charge in [-0.1, -0.05) is 35.0 Å². The van der Waals surface area contributed by atoms with E-state index < -0.39 is 5.97 Å². The van der Waals surface area contributed by atoms with Gasteiger partial charge in [0.15, 0.2) is 6.61 Å². The van der Waals surface area contributed by atoms with Crippen molar-refractivity contribution in [2.75, 3.05) is 6.61 Å². The van der Waals surface area contributed by atoms with Crippen LogP contribution in [0.4, 0.5) is 0 Å². The molecule has 4 nitrogen and oxygen atoms in total. The largest absolute Gasteiger partial charge is 0.452 e. The fourth-order valence-electron chi connectivity index (χ4n) is 1.34. The molecule has 0 heterocycles. The predicted octanol–water partition coefficient (Wildman–Crippen LogP) is 2.92. The lowest BCUT2D eigenvalue weighted by atomic mass is 10.2. The number of carbonyl (C=O) groups excluding carboxylic acids is 2. The Kier molecular flexibility index (Phi) is 7.01. The Hall–Kier alpha value is -1.62. The Morgan fingerprint density at radius 2 is 2.00 bits per heavy atom. The summed E-state index contributed by atoms with van der Waals surface area (Å²) in [5.74, 6) is -0.822. The summed E-state index contributed by atoms with van der Waals surface area (Å²) >= 11 is 3.33. The van der Waals surface area contributed by atoms with Gasteiger partial charge < -0.3 is 10.1 Å². The molecule has 0 saturated carbocycles. The van der Waals surface area contributed by atoms with Crippen molar-refractivity contribution in [3.05, 3.63) is 40.4 Å². The number of hydrogen-bond donors (Lipinski definition) is 1. The number of benzene rings is 1. The van der Waals surface area contributed by atoms with Gasteiger partial charge in [-0.05, 0) is 37.1 Å². The van der Waals surface area contributed by atoms with E-state index >= 15 is 0 Å². The molecule has 1 unspecified atom stereocenters. The summed E-state index contributed by atoms with van der Waals surface area (Å²) in [6.07, 6.45) is 3.78. The van der Waals surface area contributed by atoms with E-state index in [0.29, 0.717) is 0 Å². The Morgan fingerprint density at radius 3 is 2.60 bits per heavy atom. The minimum Gasteiger partial charge on any atom is -0.452 e. The number of nitrogens with one attached hydrogen (secondary N) is 1. The molecule has 1 atom stereocenters. The number of carbonyl (C=O) groups is 2. The predicted molar refractivity (Wildman–Crippen MR) is 82.0 cm³/mol. The van der Waals surface area contributed by atoms with Crippen LogP contribution in [0.15, 0.2) is 34.8 Å². The number of esters is 1. The van der Waals surface area contributed by atoms with Gasteiger partial charge in [-0.2, -0.15) is 0 Å². The third-order valence-corrected chi connectivity index (χ3v) is 3.18. The highest BCUT2D eigenvalue weighted by Crippen LogP contribution is 2.11. The maximum absolute atomic E-state index is 11.4. The summed E-state index contributed by atoms with van der Waals surface area (Å²) in [7, 11) is 0. The van der Waals surface area contributed by atoms with Gasteiger partial charge in [0, 0.05) is 16.6 Å². The lowest BCUT2D eigenvalue weighted by Gasteiger charge is -2.10. The van der Waals surface area contributed by atoms with Crippen LogP contribution in [0.3, 0.4) is 0 Å². The minimum atomic E-state index is -0.535. The SMILES string of the molecule is CCC(C)NC(=O)COC(=O)/C=C/c1ccc(Br)cc1. The first-order chi connectivity index (χ1) is 9.51. The Morgan fingerprint density at radius 1 is 1.35 bits per heavy atom. The minimum absolute atomic E-state index is 0.0829. The molecule has 0 aliphatic heterocycles. The van der Waals surface area contributed by atoms with Crippen molar-refractivity contribution in [1.29, 1.82) is 0 Å². The molecule has 108 valence electrons. The average Bonchev–Trinajstić information content (AvgIpc) is 2.44. The quantitative estimate of drug-likeness (QED) is 0.640. The van der Waals surface area contributed by atoms with E-state index in [-0.39, 0.29) is 18.6 Å². The van der Waals surface area contributed by atoms with Crippen LogP contribution < -0.4 is 5.32 Å². The first-order valence-corrected chi connectivity index (χ1v) is 7.20. The topological polar surface area (TPSA) is 55.4 Å². The van der Waals surface area contributed by atoms with Gasteiger partial charge in [0.25, 0.3) is 5.91 Å². The van der Waals surface area contributed by atoms with Crippen LogP contribution in [-0.2, 0) is 14.3 Å². The van der Waals surface area contributed by atoms with Gasteiger partial charge in [-0.15, -0.1) is 0 Å². The summed E-state index contributed by atoms with van der Waals surface area (Å²) in [6, 6.07) is 7.57. The van der Waals surface area contributed by atoms with Crippen molar-refractivity contribution in [1.82, 2.24) is 5.32 Å². The summed E-state index contributed by atoms with van der Waals surface area (Å²) in [5, 5.41) is 2.72. The highest BCUT2D eigenvalue weighted by molar-refractivity contribution is 9.10. The average molecular weight is 340 g/mol. The second kappa shape index (κ2) is 8.53. The molecule has 0 radical (unpaired) electrons. The fourth-order valence-corrected chi connectivity index (χ4v) is 1.61. The summed E-state index contributed by atoms with van der Waals surface area (Å²) in [4.78, 5) is 22.9. The smallest absolute Gasteiger partial charge is 0.331 e. The highest BCUT2D eigenvalue weighted by Gasteiger charge is 2.07. The van der Waals surface area contributed by atoms with Gasteiger partial charge in [0.2, 0.25) is 0 Å². The Bertz CT molecular complexity index is 482. The molecule has 0 saturated heterocycles. The van der Waals surface area contributed by atoms with Crippen LogP contribution >= 0.6 is 15.9 Å². The van der Waals surface area contributed by atoms with Crippen molar-refractivity contribution in [3.8, 4) is 0 Å². The molecule has 5 heteroatoms. The van der Waals surface area contributed by atoms with Gasteiger partial charge in [0.05, 0.1) is 0 Å². The van der Waals surface area contributed by atoms with Crippen molar-refractivity contribution in [3.63, 3.8) is 0 Å². The first-order valence-electron chi connectivity index (χ1n) is 6.41. The van der Waals surface area contributed by atoms with Crippen molar-refractivity contribution in [2.24, 2.45) is 0 Å². The molecular formula is C15H18BrNO3. The lowest BCUT2D eigenvalue weighted by Crippen LogP contribution is -2.35.